The lowest BCUT2D eigenvalue weighted by atomic mass is 9.83. The minimum absolute atomic E-state index is 0.00152. The van der Waals surface area contributed by atoms with Gasteiger partial charge in [-0.3, -0.25) is 14.9 Å². The normalized spacial score (nSPS) is 15.4. The molecule has 26 heavy (non-hydrogen) atoms. The number of carbonyl (C=O) groups is 2. The topological polar surface area (TPSA) is 132 Å². The minimum atomic E-state index is -0.903. The third-order valence-corrected chi connectivity index (χ3v) is 4.24. The van der Waals surface area contributed by atoms with Crippen molar-refractivity contribution in [2.75, 3.05) is 13.7 Å². The number of esters is 1. The van der Waals surface area contributed by atoms with Gasteiger partial charge < -0.3 is 14.8 Å². The van der Waals surface area contributed by atoms with Crippen LogP contribution in [0.15, 0.2) is 18.2 Å². The molecule has 0 spiro atoms. The van der Waals surface area contributed by atoms with Gasteiger partial charge in [0.15, 0.2) is 12.4 Å². The Kier molecular flexibility index (Phi) is 6.11. The molecule has 0 heterocycles. The molecule has 1 aliphatic rings. The molecule has 1 saturated carbocycles. The Morgan fingerprint density at radius 2 is 2.04 bits per heavy atom. The van der Waals surface area contributed by atoms with Crippen LogP contribution in [0.2, 0.25) is 0 Å². The van der Waals surface area contributed by atoms with Crippen LogP contribution in [0.1, 0.15) is 42.5 Å². The average molecular weight is 361 g/mol. The number of nitrogens with one attached hydrogen (secondary N) is 1. The van der Waals surface area contributed by atoms with Gasteiger partial charge in [-0.15, -0.1) is 0 Å². The Morgan fingerprint density at radius 1 is 1.35 bits per heavy atom. The first-order valence-corrected chi connectivity index (χ1v) is 8.12. The van der Waals surface area contributed by atoms with Gasteiger partial charge in [-0.05, 0) is 25.0 Å². The average Bonchev–Trinajstić information content (AvgIpc) is 2.66. The van der Waals surface area contributed by atoms with Crippen LogP contribution in [0.3, 0.4) is 0 Å². The zero-order chi connectivity index (χ0) is 19.2. The van der Waals surface area contributed by atoms with Gasteiger partial charge in [0.2, 0.25) is 0 Å². The second-order valence-corrected chi connectivity index (χ2v) is 6.02. The Hall–Kier alpha value is -3.15. The first kappa shape index (κ1) is 19.2. The van der Waals surface area contributed by atoms with E-state index in [2.05, 4.69) is 16.1 Å². The zero-order valence-electron chi connectivity index (χ0n) is 14.3. The summed E-state index contributed by atoms with van der Waals surface area (Å²) in [6, 6.07) is 5.72. The van der Waals surface area contributed by atoms with Crippen molar-refractivity contribution in [1.29, 1.82) is 5.26 Å². The number of hydrogen-bond acceptors (Lipinski definition) is 7. The predicted octanol–water partition coefficient (Wildman–Crippen LogP) is 2.10. The van der Waals surface area contributed by atoms with E-state index in [1.165, 1.54) is 19.2 Å². The summed E-state index contributed by atoms with van der Waals surface area (Å²) in [5, 5.41) is 23.2. The number of nitro benzene ring substituents is 1. The minimum Gasteiger partial charge on any atom is -0.477 e. The van der Waals surface area contributed by atoms with Crippen molar-refractivity contribution < 1.29 is 24.0 Å². The van der Waals surface area contributed by atoms with Crippen molar-refractivity contribution in [2.24, 2.45) is 0 Å². The molecule has 0 aromatic heterocycles. The summed E-state index contributed by atoms with van der Waals surface area (Å²) < 4.78 is 9.76. The Labute approximate surface area is 150 Å². The number of ether oxygens (including phenoxy) is 2. The second kappa shape index (κ2) is 8.29. The molecule has 0 unspecified atom stereocenters. The molecular formula is C17H19N3O6. The van der Waals surface area contributed by atoms with Crippen LogP contribution in [0.25, 0.3) is 0 Å². The molecule has 1 aromatic carbocycles. The third-order valence-electron chi connectivity index (χ3n) is 4.24. The molecule has 2 rings (SSSR count). The molecule has 1 aliphatic carbocycles. The number of carbonyl (C=O) groups excluding carboxylic acids is 2. The molecule has 9 nitrogen and oxygen atoms in total. The monoisotopic (exact) mass is 361 g/mol. The fourth-order valence-electron chi connectivity index (χ4n) is 2.89. The Bertz CT molecular complexity index is 749. The molecule has 0 atom stereocenters. The van der Waals surface area contributed by atoms with Gasteiger partial charge in [0.05, 0.1) is 23.7 Å². The summed E-state index contributed by atoms with van der Waals surface area (Å²) in [4.78, 5) is 34.1. The fraction of sp³-hybridized carbons (Fsp3) is 0.471. The van der Waals surface area contributed by atoms with Crippen molar-refractivity contribution in [2.45, 2.75) is 37.6 Å². The molecule has 0 bridgehead atoms. The number of nitro groups is 1. The summed E-state index contributed by atoms with van der Waals surface area (Å²) in [5.74, 6) is -1.39. The van der Waals surface area contributed by atoms with Crippen LogP contribution >= 0.6 is 0 Å². The van der Waals surface area contributed by atoms with E-state index in [4.69, 9.17) is 4.74 Å². The van der Waals surface area contributed by atoms with Crippen LogP contribution in [0.4, 0.5) is 5.69 Å². The van der Waals surface area contributed by atoms with E-state index in [-0.39, 0.29) is 11.3 Å². The lowest BCUT2D eigenvalue weighted by Crippen LogP contribution is -2.50. The highest BCUT2D eigenvalue weighted by atomic mass is 16.6. The molecule has 1 aromatic rings. The summed E-state index contributed by atoms with van der Waals surface area (Å²) in [6.45, 7) is -0.470. The van der Waals surface area contributed by atoms with Crippen molar-refractivity contribution >= 4 is 17.6 Å². The maximum Gasteiger partial charge on any atom is 0.338 e. The van der Waals surface area contributed by atoms with E-state index in [1.807, 2.05) is 0 Å². The van der Waals surface area contributed by atoms with Gasteiger partial charge >= 0.3 is 11.7 Å². The summed E-state index contributed by atoms with van der Waals surface area (Å²) in [5.41, 5.74) is -1.35. The standard InChI is InChI=1S/C17H19N3O6/c1-25-16(22)12-5-6-14(13(9-12)20(23)24)26-10-15(21)19-17(11-18)7-3-2-4-8-17/h5-6,9H,2-4,7-8,10H2,1H3,(H,19,21). The number of hydrogen-bond donors (Lipinski definition) is 1. The molecule has 0 saturated heterocycles. The Morgan fingerprint density at radius 3 is 2.62 bits per heavy atom. The summed E-state index contributed by atoms with van der Waals surface area (Å²) >= 11 is 0. The second-order valence-electron chi connectivity index (χ2n) is 6.02. The van der Waals surface area contributed by atoms with Gasteiger partial charge in [0, 0.05) is 6.07 Å². The molecule has 9 heteroatoms. The first-order valence-electron chi connectivity index (χ1n) is 8.12. The van der Waals surface area contributed by atoms with Crippen LogP contribution in [-0.4, -0.2) is 36.1 Å². The molecule has 0 aliphatic heterocycles. The van der Waals surface area contributed by atoms with E-state index in [0.717, 1.165) is 25.3 Å². The molecule has 1 N–H and O–H groups in total. The van der Waals surface area contributed by atoms with Gasteiger partial charge in [0.1, 0.15) is 5.54 Å². The number of benzene rings is 1. The molecule has 138 valence electrons. The van der Waals surface area contributed by atoms with Crippen molar-refractivity contribution in [3.8, 4) is 11.8 Å². The first-order chi connectivity index (χ1) is 12.4. The van der Waals surface area contributed by atoms with Gasteiger partial charge in [0.25, 0.3) is 5.91 Å². The maximum absolute atomic E-state index is 12.1. The lowest BCUT2D eigenvalue weighted by Gasteiger charge is -2.31. The zero-order valence-corrected chi connectivity index (χ0v) is 14.3. The number of nitrogens with zero attached hydrogens (tertiary/aromatic N) is 2. The highest BCUT2D eigenvalue weighted by Crippen LogP contribution is 2.29. The van der Waals surface area contributed by atoms with E-state index in [1.54, 1.807) is 0 Å². The fourth-order valence-corrected chi connectivity index (χ4v) is 2.89. The quantitative estimate of drug-likeness (QED) is 0.466. The molecule has 1 amide bonds. The molecule has 0 radical (unpaired) electrons. The third kappa shape index (κ3) is 4.47. The van der Waals surface area contributed by atoms with Gasteiger partial charge in [-0.2, -0.15) is 5.26 Å². The molecular weight excluding hydrogens is 342 g/mol. The number of rotatable bonds is 6. The van der Waals surface area contributed by atoms with Crippen LogP contribution in [0.5, 0.6) is 5.75 Å². The number of amides is 1. The highest BCUT2D eigenvalue weighted by molar-refractivity contribution is 5.90. The van der Waals surface area contributed by atoms with Crippen molar-refractivity contribution in [3.63, 3.8) is 0 Å². The highest BCUT2D eigenvalue weighted by Gasteiger charge is 2.33. The van der Waals surface area contributed by atoms with Crippen molar-refractivity contribution in [1.82, 2.24) is 5.32 Å². The van der Waals surface area contributed by atoms with E-state index in [9.17, 15) is 25.0 Å². The summed E-state index contributed by atoms with van der Waals surface area (Å²) in [7, 11) is 1.17. The predicted molar refractivity (Wildman–Crippen MR) is 89.5 cm³/mol. The van der Waals surface area contributed by atoms with E-state index < -0.39 is 34.6 Å². The van der Waals surface area contributed by atoms with Crippen LogP contribution in [-0.2, 0) is 9.53 Å². The SMILES string of the molecule is COC(=O)c1ccc(OCC(=O)NC2(C#N)CCCCC2)c([N+](=O)[O-])c1. The largest absolute Gasteiger partial charge is 0.477 e. The number of methoxy groups -OCH3 is 1. The smallest absolute Gasteiger partial charge is 0.338 e. The lowest BCUT2D eigenvalue weighted by molar-refractivity contribution is -0.385. The van der Waals surface area contributed by atoms with Crippen molar-refractivity contribution in [3.05, 3.63) is 33.9 Å². The van der Waals surface area contributed by atoms with E-state index >= 15 is 0 Å². The van der Waals surface area contributed by atoms with Gasteiger partial charge in [-0.25, -0.2) is 4.79 Å². The number of nitriles is 1. The maximum atomic E-state index is 12.1. The van der Waals surface area contributed by atoms with E-state index in [0.29, 0.717) is 12.8 Å². The van der Waals surface area contributed by atoms with Crippen LogP contribution in [0, 0.1) is 21.4 Å². The molecule has 1 fully saturated rings. The van der Waals surface area contributed by atoms with Gasteiger partial charge in [-0.1, -0.05) is 19.3 Å². The van der Waals surface area contributed by atoms with Crippen LogP contribution < -0.4 is 10.1 Å². The Balaban J connectivity index is 2.06. The summed E-state index contributed by atoms with van der Waals surface area (Å²) in [6.07, 6.45) is 3.88.